The number of aryl methyl sites for hydroxylation is 1. The fraction of sp³-hybridized carbons (Fsp3) is 0.333. The monoisotopic (exact) mass is 500 g/mol. The lowest BCUT2D eigenvalue weighted by atomic mass is 9.91. The SMILES string of the molecule is COc1cccc(-c2cnc3ccc(NC(=O)C(C)C[C@H](C)CCCc4ccccc4)nc3n2)c1OC.[HH]. The molecule has 2 atom stereocenters. The molecule has 37 heavy (non-hydrogen) atoms. The number of nitrogens with zero attached hydrogens (tertiary/aromatic N) is 3. The van der Waals surface area contributed by atoms with Crippen LogP contribution in [0.1, 0.15) is 40.1 Å². The summed E-state index contributed by atoms with van der Waals surface area (Å²) in [6.45, 7) is 4.18. The van der Waals surface area contributed by atoms with Gasteiger partial charge in [0.15, 0.2) is 17.1 Å². The number of nitrogens with one attached hydrogen (secondary N) is 1. The van der Waals surface area contributed by atoms with Crippen LogP contribution in [0.3, 0.4) is 0 Å². The first-order valence-corrected chi connectivity index (χ1v) is 12.7. The Balaban J connectivity index is 0.00000400. The standard InChI is InChI=1S/C30H34N4O3.H2/c1-20(10-8-13-22-11-6-5-7-12-22)18-21(2)30(35)34-27-17-16-24-29(33-27)32-25(19-31-24)23-14-9-15-26(36-3)28(23)37-4;/h5-7,9,11-12,14-17,19-21H,8,10,13,18H2,1-4H3,(H,32,33,34,35);1H/t20-,21?;/m1./s1. The molecule has 7 heteroatoms. The van der Waals surface area contributed by atoms with Crippen molar-refractivity contribution in [1.82, 2.24) is 15.0 Å². The smallest absolute Gasteiger partial charge is 0.228 e. The third-order valence-electron chi connectivity index (χ3n) is 6.55. The molecule has 1 N–H and O–H groups in total. The Hall–Kier alpha value is -4.00. The molecule has 2 heterocycles. The van der Waals surface area contributed by atoms with Gasteiger partial charge in [-0.3, -0.25) is 9.78 Å². The summed E-state index contributed by atoms with van der Waals surface area (Å²) in [6, 6.07) is 19.7. The molecule has 1 amide bonds. The molecular formula is C30H36N4O3. The molecule has 0 saturated heterocycles. The normalized spacial score (nSPS) is 12.6. The van der Waals surface area contributed by atoms with E-state index in [0.29, 0.717) is 40.1 Å². The summed E-state index contributed by atoms with van der Waals surface area (Å²) in [5, 5.41) is 2.96. The van der Waals surface area contributed by atoms with Crippen molar-refractivity contribution >= 4 is 22.9 Å². The summed E-state index contributed by atoms with van der Waals surface area (Å²) in [5.74, 6) is 1.95. The number of aromatic nitrogens is 3. The van der Waals surface area contributed by atoms with Gasteiger partial charge in [0.05, 0.1) is 26.1 Å². The molecule has 2 aromatic heterocycles. The van der Waals surface area contributed by atoms with Crippen molar-refractivity contribution in [2.75, 3.05) is 19.5 Å². The second-order valence-electron chi connectivity index (χ2n) is 9.44. The van der Waals surface area contributed by atoms with Gasteiger partial charge in [-0.15, -0.1) is 0 Å². The molecule has 0 radical (unpaired) electrons. The number of benzene rings is 2. The van der Waals surface area contributed by atoms with Crippen molar-refractivity contribution in [2.24, 2.45) is 11.8 Å². The number of hydrogen-bond donors (Lipinski definition) is 1. The number of hydrogen-bond acceptors (Lipinski definition) is 6. The van der Waals surface area contributed by atoms with Crippen LogP contribution in [0, 0.1) is 11.8 Å². The molecule has 2 aromatic carbocycles. The van der Waals surface area contributed by atoms with E-state index in [-0.39, 0.29) is 13.3 Å². The van der Waals surface area contributed by atoms with Crippen LogP contribution in [-0.2, 0) is 11.2 Å². The number of rotatable bonds is 11. The quantitative estimate of drug-likeness (QED) is 0.250. The highest BCUT2D eigenvalue weighted by molar-refractivity contribution is 5.92. The first kappa shape index (κ1) is 26.1. The van der Waals surface area contributed by atoms with Crippen LogP contribution in [-0.4, -0.2) is 35.1 Å². The molecule has 0 fully saturated rings. The Labute approximate surface area is 219 Å². The Kier molecular flexibility index (Phi) is 8.67. The maximum Gasteiger partial charge on any atom is 0.228 e. The van der Waals surface area contributed by atoms with Crippen LogP contribution < -0.4 is 14.8 Å². The molecule has 4 aromatic rings. The largest absolute Gasteiger partial charge is 0.493 e. The number of fused-ring (bicyclic) bond motifs is 1. The van der Waals surface area contributed by atoms with Gasteiger partial charge in [-0.2, -0.15) is 0 Å². The lowest BCUT2D eigenvalue weighted by molar-refractivity contribution is -0.119. The van der Waals surface area contributed by atoms with E-state index in [1.807, 2.05) is 37.3 Å². The number of carbonyl (C=O) groups excluding carboxylic acids is 1. The van der Waals surface area contributed by atoms with Crippen molar-refractivity contribution in [1.29, 1.82) is 0 Å². The minimum Gasteiger partial charge on any atom is -0.493 e. The van der Waals surface area contributed by atoms with Gasteiger partial charge in [-0.05, 0) is 55.0 Å². The van der Waals surface area contributed by atoms with Gasteiger partial charge in [-0.25, -0.2) is 9.97 Å². The van der Waals surface area contributed by atoms with Crippen LogP contribution >= 0.6 is 0 Å². The predicted octanol–water partition coefficient (Wildman–Crippen LogP) is 6.58. The number of carbonyl (C=O) groups is 1. The van der Waals surface area contributed by atoms with Gasteiger partial charge in [0.2, 0.25) is 5.91 Å². The van der Waals surface area contributed by atoms with Crippen LogP contribution in [0.2, 0.25) is 0 Å². The topological polar surface area (TPSA) is 86.2 Å². The van der Waals surface area contributed by atoms with E-state index in [1.54, 1.807) is 26.5 Å². The Bertz CT molecular complexity index is 1350. The third kappa shape index (κ3) is 6.61. The highest BCUT2D eigenvalue weighted by Crippen LogP contribution is 2.37. The van der Waals surface area contributed by atoms with Crippen LogP contribution in [0.25, 0.3) is 22.4 Å². The molecule has 0 aliphatic heterocycles. The zero-order valence-corrected chi connectivity index (χ0v) is 21.9. The first-order chi connectivity index (χ1) is 18.0. The van der Waals surface area contributed by atoms with E-state index in [9.17, 15) is 4.79 Å². The zero-order chi connectivity index (χ0) is 26.2. The van der Waals surface area contributed by atoms with Crippen LogP contribution in [0.5, 0.6) is 11.5 Å². The second kappa shape index (κ2) is 12.3. The van der Waals surface area contributed by atoms with E-state index in [1.165, 1.54) is 5.56 Å². The fourth-order valence-electron chi connectivity index (χ4n) is 4.56. The van der Waals surface area contributed by atoms with E-state index >= 15 is 0 Å². The van der Waals surface area contributed by atoms with Gasteiger partial charge >= 0.3 is 0 Å². The highest BCUT2D eigenvalue weighted by atomic mass is 16.5. The highest BCUT2D eigenvalue weighted by Gasteiger charge is 2.18. The number of para-hydroxylation sites is 1. The fourth-order valence-corrected chi connectivity index (χ4v) is 4.56. The van der Waals surface area contributed by atoms with Crippen molar-refractivity contribution in [3.8, 4) is 22.8 Å². The molecule has 0 bridgehead atoms. The summed E-state index contributed by atoms with van der Waals surface area (Å²) >= 11 is 0. The molecular weight excluding hydrogens is 464 g/mol. The molecule has 7 nitrogen and oxygen atoms in total. The summed E-state index contributed by atoms with van der Waals surface area (Å²) in [6.07, 6.45) is 5.78. The lowest BCUT2D eigenvalue weighted by Gasteiger charge is -2.17. The van der Waals surface area contributed by atoms with Crippen LogP contribution in [0.4, 0.5) is 5.82 Å². The minimum atomic E-state index is -0.123. The average Bonchev–Trinajstić information content (AvgIpc) is 2.92. The number of ether oxygens (including phenoxy) is 2. The molecule has 194 valence electrons. The Morgan fingerprint density at radius 1 is 0.973 bits per heavy atom. The summed E-state index contributed by atoms with van der Waals surface area (Å²) in [5.41, 5.74) is 3.81. The first-order valence-electron chi connectivity index (χ1n) is 12.7. The van der Waals surface area contributed by atoms with Crippen molar-refractivity contribution in [3.05, 3.63) is 72.4 Å². The van der Waals surface area contributed by atoms with Crippen LogP contribution in [0.15, 0.2) is 66.9 Å². The maximum atomic E-state index is 12.9. The summed E-state index contributed by atoms with van der Waals surface area (Å²) in [4.78, 5) is 26.7. The molecule has 4 rings (SSSR count). The second-order valence-corrected chi connectivity index (χ2v) is 9.44. The summed E-state index contributed by atoms with van der Waals surface area (Å²) < 4.78 is 10.9. The number of pyridine rings is 1. The molecule has 0 saturated carbocycles. The van der Waals surface area contributed by atoms with Crippen molar-refractivity contribution in [3.63, 3.8) is 0 Å². The summed E-state index contributed by atoms with van der Waals surface area (Å²) in [7, 11) is 3.18. The van der Waals surface area contributed by atoms with Gasteiger partial charge in [0, 0.05) is 12.9 Å². The molecule has 0 aliphatic rings. The number of methoxy groups -OCH3 is 2. The molecule has 0 aliphatic carbocycles. The van der Waals surface area contributed by atoms with E-state index in [4.69, 9.17) is 9.47 Å². The number of anilines is 1. The van der Waals surface area contributed by atoms with E-state index < -0.39 is 0 Å². The van der Waals surface area contributed by atoms with Crippen molar-refractivity contribution in [2.45, 2.75) is 39.5 Å². The average molecular weight is 501 g/mol. The Morgan fingerprint density at radius 2 is 1.78 bits per heavy atom. The van der Waals surface area contributed by atoms with Gasteiger partial charge in [-0.1, -0.05) is 56.7 Å². The minimum absolute atomic E-state index is 0. The predicted molar refractivity (Wildman–Crippen MR) is 149 cm³/mol. The zero-order valence-electron chi connectivity index (χ0n) is 21.9. The third-order valence-corrected chi connectivity index (χ3v) is 6.55. The molecule has 1 unspecified atom stereocenters. The van der Waals surface area contributed by atoms with Gasteiger partial charge < -0.3 is 14.8 Å². The van der Waals surface area contributed by atoms with E-state index in [0.717, 1.165) is 31.2 Å². The maximum absolute atomic E-state index is 12.9. The van der Waals surface area contributed by atoms with Gasteiger partial charge in [0.1, 0.15) is 11.3 Å². The Morgan fingerprint density at radius 3 is 2.54 bits per heavy atom. The van der Waals surface area contributed by atoms with Gasteiger partial charge in [0.25, 0.3) is 0 Å². The van der Waals surface area contributed by atoms with Crippen molar-refractivity contribution < 1.29 is 15.7 Å². The molecule has 0 spiro atoms. The number of amides is 1. The van der Waals surface area contributed by atoms with E-state index in [2.05, 4.69) is 51.5 Å². The lowest BCUT2D eigenvalue weighted by Crippen LogP contribution is -2.22.